The Kier molecular flexibility index (Phi) is 4.05. The summed E-state index contributed by atoms with van der Waals surface area (Å²) >= 11 is 0. The first-order chi connectivity index (χ1) is 9.21. The van der Waals surface area contributed by atoms with Crippen molar-refractivity contribution in [2.45, 2.75) is 51.9 Å². The summed E-state index contributed by atoms with van der Waals surface area (Å²) in [5.41, 5.74) is 1.04. The number of nitrogens with zero attached hydrogens (tertiary/aromatic N) is 1. The summed E-state index contributed by atoms with van der Waals surface area (Å²) in [4.78, 5) is 4.12. The summed E-state index contributed by atoms with van der Waals surface area (Å²) in [7, 11) is -0.366. The van der Waals surface area contributed by atoms with Gasteiger partial charge in [-0.1, -0.05) is 12.1 Å². The van der Waals surface area contributed by atoms with Gasteiger partial charge in [0.2, 0.25) is 0 Å². The van der Waals surface area contributed by atoms with Gasteiger partial charge >= 0.3 is 7.12 Å². The van der Waals surface area contributed by atoms with Gasteiger partial charge in [-0.25, -0.2) is 0 Å². The van der Waals surface area contributed by atoms with Crippen molar-refractivity contribution in [1.29, 1.82) is 0 Å². The largest absolute Gasteiger partial charge is 0.487 e. The highest BCUT2D eigenvalue weighted by Gasteiger charge is 2.49. The topological polar surface area (TPSA) is 51.6 Å². The molecule has 0 aromatic carbocycles. The van der Waals surface area contributed by atoms with Crippen molar-refractivity contribution in [2.75, 3.05) is 0 Å². The molecule has 1 aromatic heterocycles. The van der Waals surface area contributed by atoms with Crippen LogP contribution in [0.5, 0.6) is 0 Å². The summed E-state index contributed by atoms with van der Waals surface area (Å²) in [6.07, 6.45) is 4.79. The molecule has 1 aliphatic heterocycles. The second kappa shape index (κ2) is 5.32. The molecular weight excluding hydrogens is 253 g/mol. The lowest BCUT2D eigenvalue weighted by Crippen LogP contribution is -2.41. The standard InChI is InChI=1S/C15H22BNO3/c1-11(18)13-8-12(9-17-10-13)6-7-16-19-14(2,3)15(4,5)20-16/h6-11,18H,1-5H3/b7-6+. The maximum Gasteiger partial charge on any atom is 0.487 e. The molecule has 1 aromatic rings. The fourth-order valence-corrected chi connectivity index (χ4v) is 1.95. The Morgan fingerprint density at radius 2 is 1.80 bits per heavy atom. The second-order valence-electron chi connectivity index (χ2n) is 6.21. The highest BCUT2D eigenvalue weighted by atomic mass is 16.7. The molecule has 1 fully saturated rings. The Labute approximate surface area is 121 Å². The third kappa shape index (κ3) is 3.11. The fraction of sp³-hybridized carbons (Fsp3) is 0.533. The summed E-state index contributed by atoms with van der Waals surface area (Å²) in [5.74, 6) is 1.87. The van der Waals surface area contributed by atoms with E-state index in [0.717, 1.165) is 11.1 Å². The molecule has 0 spiro atoms. The van der Waals surface area contributed by atoms with Crippen LogP contribution < -0.4 is 0 Å². The van der Waals surface area contributed by atoms with Gasteiger partial charge in [0.05, 0.1) is 17.3 Å². The number of aromatic nitrogens is 1. The van der Waals surface area contributed by atoms with Crippen LogP contribution >= 0.6 is 0 Å². The van der Waals surface area contributed by atoms with E-state index in [9.17, 15) is 5.11 Å². The Bertz CT molecular complexity index is 496. The van der Waals surface area contributed by atoms with Gasteiger partial charge in [0.15, 0.2) is 0 Å². The van der Waals surface area contributed by atoms with Crippen molar-refractivity contribution in [3.8, 4) is 0 Å². The van der Waals surface area contributed by atoms with Crippen molar-refractivity contribution < 1.29 is 14.4 Å². The van der Waals surface area contributed by atoms with E-state index in [0.29, 0.717) is 0 Å². The third-order valence-corrected chi connectivity index (χ3v) is 3.98. The fourth-order valence-electron chi connectivity index (χ4n) is 1.95. The van der Waals surface area contributed by atoms with Crippen LogP contribution in [0.4, 0.5) is 0 Å². The summed E-state index contributed by atoms with van der Waals surface area (Å²) in [6, 6.07) is 1.90. The van der Waals surface area contributed by atoms with Crippen LogP contribution in [-0.2, 0) is 9.31 Å². The molecule has 0 bridgehead atoms. The molecule has 108 valence electrons. The second-order valence-corrected chi connectivity index (χ2v) is 6.21. The predicted molar refractivity (Wildman–Crippen MR) is 80.0 cm³/mol. The number of aliphatic hydroxyl groups excluding tert-OH is 1. The molecule has 0 aliphatic carbocycles. The van der Waals surface area contributed by atoms with Gasteiger partial charge < -0.3 is 14.4 Å². The van der Waals surface area contributed by atoms with Gasteiger partial charge in [-0.3, -0.25) is 4.98 Å². The average molecular weight is 275 g/mol. The Morgan fingerprint density at radius 1 is 1.20 bits per heavy atom. The Hall–Kier alpha value is -1.17. The molecule has 20 heavy (non-hydrogen) atoms. The number of hydrogen-bond acceptors (Lipinski definition) is 4. The van der Waals surface area contributed by atoms with E-state index in [2.05, 4.69) is 4.98 Å². The predicted octanol–water partition coefficient (Wildman–Crippen LogP) is 2.78. The van der Waals surface area contributed by atoms with E-state index in [-0.39, 0.29) is 18.3 Å². The van der Waals surface area contributed by atoms with Crippen LogP contribution in [-0.4, -0.2) is 28.4 Å². The zero-order valence-corrected chi connectivity index (χ0v) is 12.8. The zero-order valence-electron chi connectivity index (χ0n) is 12.8. The first-order valence-electron chi connectivity index (χ1n) is 6.88. The van der Waals surface area contributed by atoms with Crippen LogP contribution in [0, 0.1) is 0 Å². The van der Waals surface area contributed by atoms with Crippen molar-refractivity contribution in [2.24, 2.45) is 0 Å². The molecule has 1 saturated heterocycles. The first-order valence-corrected chi connectivity index (χ1v) is 6.88. The normalized spacial score (nSPS) is 22.4. The minimum atomic E-state index is -0.521. The summed E-state index contributed by atoms with van der Waals surface area (Å²) < 4.78 is 11.8. The van der Waals surface area contributed by atoms with Crippen molar-refractivity contribution in [3.63, 3.8) is 0 Å². The minimum Gasteiger partial charge on any atom is -0.400 e. The molecule has 2 heterocycles. The lowest BCUT2D eigenvalue weighted by atomic mass is 9.89. The smallest absolute Gasteiger partial charge is 0.400 e. The van der Waals surface area contributed by atoms with E-state index in [1.807, 2.05) is 45.8 Å². The van der Waals surface area contributed by atoms with E-state index in [1.54, 1.807) is 19.3 Å². The molecular formula is C15H22BNO3. The van der Waals surface area contributed by atoms with Crippen LogP contribution in [0.25, 0.3) is 6.08 Å². The maximum absolute atomic E-state index is 9.55. The van der Waals surface area contributed by atoms with Crippen LogP contribution in [0.15, 0.2) is 24.4 Å². The quantitative estimate of drug-likeness (QED) is 0.862. The SMILES string of the molecule is CC(O)c1cncc(/C=C/B2OC(C)(C)C(C)(C)O2)c1. The molecule has 1 atom stereocenters. The highest BCUT2D eigenvalue weighted by Crippen LogP contribution is 2.37. The molecule has 0 saturated carbocycles. The van der Waals surface area contributed by atoms with Gasteiger partial charge in [-0.05, 0) is 51.8 Å². The monoisotopic (exact) mass is 275 g/mol. The van der Waals surface area contributed by atoms with Gasteiger partial charge in [-0.2, -0.15) is 0 Å². The zero-order chi connectivity index (χ0) is 15.0. The molecule has 1 N–H and O–H groups in total. The van der Waals surface area contributed by atoms with Crippen molar-refractivity contribution in [1.82, 2.24) is 4.98 Å². The van der Waals surface area contributed by atoms with Crippen molar-refractivity contribution >= 4 is 13.2 Å². The van der Waals surface area contributed by atoms with Crippen LogP contribution in [0.3, 0.4) is 0 Å². The maximum atomic E-state index is 9.55. The van der Waals surface area contributed by atoms with E-state index >= 15 is 0 Å². The van der Waals surface area contributed by atoms with Crippen LogP contribution in [0.2, 0.25) is 0 Å². The highest BCUT2D eigenvalue weighted by molar-refractivity contribution is 6.52. The average Bonchev–Trinajstić information content (AvgIpc) is 2.56. The minimum absolute atomic E-state index is 0.332. The molecule has 1 aliphatic rings. The lowest BCUT2D eigenvalue weighted by molar-refractivity contribution is 0.00578. The number of pyridine rings is 1. The first kappa shape index (κ1) is 15.2. The summed E-state index contributed by atoms with van der Waals surface area (Å²) in [5, 5.41) is 9.55. The third-order valence-electron chi connectivity index (χ3n) is 3.98. The molecule has 1 unspecified atom stereocenters. The number of rotatable bonds is 3. The molecule has 4 nitrogen and oxygen atoms in total. The van der Waals surface area contributed by atoms with E-state index in [1.165, 1.54) is 0 Å². The van der Waals surface area contributed by atoms with Gasteiger partial charge in [-0.15, -0.1) is 0 Å². The van der Waals surface area contributed by atoms with Gasteiger partial charge in [0.25, 0.3) is 0 Å². The Morgan fingerprint density at radius 3 is 2.35 bits per heavy atom. The molecule has 0 amide bonds. The Balaban J connectivity index is 2.10. The van der Waals surface area contributed by atoms with Gasteiger partial charge in [0.1, 0.15) is 0 Å². The van der Waals surface area contributed by atoms with Gasteiger partial charge in [0, 0.05) is 12.4 Å². The number of hydrogen-bond donors (Lipinski definition) is 1. The lowest BCUT2D eigenvalue weighted by Gasteiger charge is -2.32. The molecule has 0 radical (unpaired) electrons. The summed E-state index contributed by atoms with van der Waals surface area (Å²) in [6.45, 7) is 9.82. The molecule has 2 rings (SSSR count). The number of aliphatic hydroxyl groups is 1. The van der Waals surface area contributed by atoms with Crippen molar-refractivity contribution in [3.05, 3.63) is 35.6 Å². The van der Waals surface area contributed by atoms with E-state index < -0.39 is 6.10 Å². The van der Waals surface area contributed by atoms with Crippen LogP contribution in [0.1, 0.15) is 51.8 Å². The molecule has 5 heteroatoms. The van der Waals surface area contributed by atoms with E-state index in [4.69, 9.17) is 9.31 Å².